The van der Waals surface area contributed by atoms with Gasteiger partial charge in [-0.15, -0.1) is 0 Å². The van der Waals surface area contributed by atoms with Crippen molar-refractivity contribution >= 4 is 17.3 Å². The van der Waals surface area contributed by atoms with Crippen molar-refractivity contribution in [1.29, 1.82) is 0 Å². The first-order valence-electron chi connectivity index (χ1n) is 6.41. The van der Waals surface area contributed by atoms with Gasteiger partial charge >= 0.3 is 5.69 Å². The van der Waals surface area contributed by atoms with Crippen LogP contribution in [0.2, 0.25) is 5.02 Å². The van der Waals surface area contributed by atoms with Crippen LogP contribution in [0.3, 0.4) is 0 Å². The summed E-state index contributed by atoms with van der Waals surface area (Å²) in [6, 6.07) is 11.1. The van der Waals surface area contributed by atoms with Crippen molar-refractivity contribution in [3.8, 4) is 11.5 Å². The lowest BCUT2D eigenvalue weighted by Crippen LogP contribution is -1.96. The Morgan fingerprint density at radius 3 is 2.52 bits per heavy atom. The van der Waals surface area contributed by atoms with Crippen LogP contribution >= 0.6 is 11.6 Å². The average Bonchev–Trinajstić information content (AvgIpc) is 2.49. The molecule has 0 fully saturated rings. The van der Waals surface area contributed by atoms with E-state index < -0.39 is 11.0 Å². The third-order valence-corrected chi connectivity index (χ3v) is 3.31. The highest BCUT2D eigenvalue weighted by Gasteiger charge is 2.19. The fourth-order valence-corrected chi connectivity index (χ4v) is 2.06. The van der Waals surface area contributed by atoms with Gasteiger partial charge in [0.25, 0.3) is 0 Å². The maximum Gasteiger partial charge on any atom is 0.313 e. The monoisotopic (exact) mass is 307 g/mol. The number of nitro benzene ring substituents is 1. The van der Waals surface area contributed by atoms with Crippen LogP contribution in [-0.2, 0) is 0 Å². The molecule has 21 heavy (non-hydrogen) atoms. The van der Waals surface area contributed by atoms with Gasteiger partial charge < -0.3 is 9.84 Å². The van der Waals surface area contributed by atoms with Crippen molar-refractivity contribution in [3.63, 3.8) is 0 Å². The SMILES string of the molecule is CC[C@H](O)c1ccc(Oc2c(Cl)cccc2[N+](=O)[O-])cc1. The maximum atomic E-state index is 11.0. The van der Waals surface area contributed by atoms with Gasteiger partial charge in [0.1, 0.15) is 5.75 Å². The predicted molar refractivity (Wildman–Crippen MR) is 79.9 cm³/mol. The third kappa shape index (κ3) is 3.51. The van der Waals surface area contributed by atoms with Crippen molar-refractivity contribution in [2.45, 2.75) is 19.4 Å². The van der Waals surface area contributed by atoms with Crippen molar-refractivity contribution in [2.75, 3.05) is 0 Å². The highest BCUT2D eigenvalue weighted by Crippen LogP contribution is 2.37. The Balaban J connectivity index is 2.28. The van der Waals surface area contributed by atoms with Gasteiger partial charge in [0.2, 0.25) is 5.75 Å². The van der Waals surface area contributed by atoms with Crippen LogP contribution in [0.15, 0.2) is 42.5 Å². The molecule has 0 radical (unpaired) electrons. The van der Waals surface area contributed by atoms with E-state index in [1.807, 2.05) is 6.92 Å². The van der Waals surface area contributed by atoms with Gasteiger partial charge in [-0.05, 0) is 30.2 Å². The van der Waals surface area contributed by atoms with Gasteiger partial charge in [-0.2, -0.15) is 0 Å². The second-order valence-corrected chi connectivity index (χ2v) is 4.85. The zero-order valence-corrected chi connectivity index (χ0v) is 12.1. The topological polar surface area (TPSA) is 72.6 Å². The second-order valence-electron chi connectivity index (χ2n) is 4.44. The lowest BCUT2D eigenvalue weighted by molar-refractivity contribution is -0.385. The Bertz CT molecular complexity index is 643. The molecular formula is C15H14ClNO4. The molecule has 0 aliphatic carbocycles. The maximum absolute atomic E-state index is 11.0. The number of hydrogen-bond donors (Lipinski definition) is 1. The Kier molecular flexibility index (Phi) is 4.77. The fourth-order valence-electron chi connectivity index (χ4n) is 1.85. The zero-order chi connectivity index (χ0) is 15.4. The molecule has 1 atom stereocenters. The molecule has 0 spiro atoms. The van der Waals surface area contributed by atoms with Crippen LogP contribution in [-0.4, -0.2) is 10.0 Å². The standard InChI is InChI=1S/C15H14ClNO4/c1-2-14(18)10-6-8-11(9-7-10)21-15-12(16)4-3-5-13(15)17(19)20/h3-9,14,18H,2H2,1H3/t14-/m0/s1. The van der Waals surface area contributed by atoms with E-state index in [4.69, 9.17) is 16.3 Å². The van der Waals surface area contributed by atoms with Gasteiger partial charge in [-0.25, -0.2) is 0 Å². The normalized spacial score (nSPS) is 12.0. The van der Waals surface area contributed by atoms with E-state index in [-0.39, 0.29) is 16.5 Å². The highest BCUT2D eigenvalue weighted by atomic mass is 35.5. The number of ether oxygens (including phenoxy) is 1. The number of nitro groups is 1. The number of nitrogens with zero attached hydrogens (tertiary/aromatic N) is 1. The summed E-state index contributed by atoms with van der Waals surface area (Å²) in [6.45, 7) is 1.88. The molecule has 5 nitrogen and oxygen atoms in total. The Labute approximate surface area is 126 Å². The summed E-state index contributed by atoms with van der Waals surface area (Å²) in [7, 11) is 0. The minimum absolute atomic E-state index is 0.00737. The largest absolute Gasteiger partial charge is 0.449 e. The molecule has 6 heteroatoms. The van der Waals surface area contributed by atoms with E-state index in [2.05, 4.69) is 0 Å². The summed E-state index contributed by atoms with van der Waals surface area (Å²) in [6.07, 6.45) is 0.0737. The van der Waals surface area contributed by atoms with Gasteiger partial charge in [-0.3, -0.25) is 10.1 Å². The smallest absolute Gasteiger partial charge is 0.313 e. The van der Waals surface area contributed by atoms with Crippen LogP contribution in [0.25, 0.3) is 0 Å². The van der Waals surface area contributed by atoms with Crippen molar-refractivity contribution < 1.29 is 14.8 Å². The molecule has 2 aromatic rings. The zero-order valence-electron chi connectivity index (χ0n) is 11.3. The van der Waals surface area contributed by atoms with Crippen LogP contribution in [0.4, 0.5) is 5.69 Å². The number of hydrogen-bond acceptors (Lipinski definition) is 4. The molecule has 0 unspecified atom stereocenters. The molecule has 0 saturated heterocycles. The molecule has 0 heterocycles. The summed E-state index contributed by atoms with van der Waals surface area (Å²) in [4.78, 5) is 10.4. The molecule has 1 N–H and O–H groups in total. The van der Waals surface area contributed by atoms with Gasteiger partial charge in [0.15, 0.2) is 0 Å². The number of halogens is 1. The number of rotatable bonds is 5. The van der Waals surface area contributed by atoms with Gasteiger partial charge in [-0.1, -0.05) is 36.7 Å². The first-order chi connectivity index (χ1) is 10.0. The van der Waals surface area contributed by atoms with E-state index in [9.17, 15) is 15.2 Å². The summed E-state index contributed by atoms with van der Waals surface area (Å²) in [5.74, 6) is 0.422. The van der Waals surface area contributed by atoms with Crippen molar-refractivity contribution in [2.24, 2.45) is 0 Å². The lowest BCUT2D eigenvalue weighted by Gasteiger charge is -2.11. The highest BCUT2D eigenvalue weighted by molar-refractivity contribution is 6.32. The summed E-state index contributed by atoms with van der Waals surface area (Å²) >= 11 is 5.96. The average molecular weight is 308 g/mol. The molecule has 0 amide bonds. The quantitative estimate of drug-likeness (QED) is 0.652. The van der Waals surface area contributed by atoms with Crippen LogP contribution in [0, 0.1) is 10.1 Å². The summed E-state index contributed by atoms with van der Waals surface area (Å²) < 4.78 is 5.51. The minimum Gasteiger partial charge on any atom is -0.449 e. The molecule has 0 aliphatic heterocycles. The fraction of sp³-hybridized carbons (Fsp3) is 0.200. The first-order valence-corrected chi connectivity index (χ1v) is 6.79. The van der Waals surface area contributed by atoms with E-state index in [1.54, 1.807) is 24.3 Å². The molecular weight excluding hydrogens is 294 g/mol. The molecule has 0 saturated carbocycles. The molecule has 2 rings (SSSR count). The van der Waals surface area contributed by atoms with Crippen LogP contribution in [0.1, 0.15) is 25.0 Å². The number of aliphatic hydroxyl groups excluding tert-OH is 1. The Morgan fingerprint density at radius 1 is 1.29 bits per heavy atom. The third-order valence-electron chi connectivity index (χ3n) is 3.01. The number of benzene rings is 2. The predicted octanol–water partition coefficient (Wildman–Crippen LogP) is 4.48. The van der Waals surface area contributed by atoms with Gasteiger partial charge in [0, 0.05) is 6.07 Å². The molecule has 0 bridgehead atoms. The first kappa shape index (κ1) is 15.3. The van der Waals surface area contributed by atoms with Crippen molar-refractivity contribution in [3.05, 3.63) is 63.2 Å². The van der Waals surface area contributed by atoms with Gasteiger partial charge in [0.05, 0.1) is 16.0 Å². The summed E-state index contributed by atoms with van der Waals surface area (Å²) in [5.41, 5.74) is 0.568. The molecule has 110 valence electrons. The van der Waals surface area contributed by atoms with E-state index >= 15 is 0 Å². The Hall–Kier alpha value is -2.11. The molecule has 0 aliphatic rings. The van der Waals surface area contributed by atoms with E-state index in [0.29, 0.717) is 12.2 Å². The van der Waals surface area contributed by atoms with Crippen LogP contribution in [0.5, 0.6) is 11.5 Å². The van der Waals surface area contributed by atoms with E-state index in [1.165, 1.54) is 18.2 Å². The van der Waals surface area contributed by atoms with Crippen molar-refractivity contribution in [1.82, 2.24) is 0 Å². The molecule has 2 aromatic carbocycles. The lowest BCUT2D eigenvalue weighted by atomic mass is 10.1. The second kappa shape index (κ2) is 6.56. The minimum atomic E-state index is -0.545. The number of aliphatic hydroxyl groups is 1. The Morgan fingerprint density at radius 2 is 1.95 bits per heavy atom. The van der Waals surface area contributed by atoms with E-state index in [0.717, 1.165) is 5.56 Å². The summed E-state index contributed by atoms with van der Waals surface area (Å²) in [5, 5.41) is 20.9. The molecule has 0 aromatic heterocycles. The number of para-hydroxylation sites is 1. The van der Waals surface area contributed by atoms with Crippen LogP contribution < -0.4 is 4.74 Å².